The predicted octanol–water partition coefficient (Wildman–Crippen LogP) is 3.48. The molecule has 4 rings (SSSR count). The maximum absolute atomic E-state index is 5.93. The summed E-state index contributed by atoms with van der Waals surface area (Å²) in [6.07, 6.45) is 1.81. The van der Waals surface area contributed by atoms with E-state index in [1.54, 1.807) is 0 Å². The second kappa shape index (κ2) is 6.69. The lowest BCUT2D eigenvalue weighted by molar-refractivity contribution is 0.110. The van der Waals surface area contributed by atoms with Gasteiger partial charge in [0, 0.05) is 12.2 Å². The Hall–Kier alpha value is -2.66. The van der Waals surface area contributed by atoms with Crippen LogP contribution in [0.5, 0.6) is 0 Å². The van der Waals surface area contributed by atoms with E-state index in [-0.39, 0.29) is 6.23 Å². The lowest BCUT2D eigenvalue weighted by Crippen LogP contribution is -2.23. The minimum Gasteiger partial charge on any atom is -0.350 e. The van der Waals surface area contributed by atoms with Crippen LogP contribution in [-0.2, 0) is 11.3 Å². The summed E-state index contributed by atoms with van der Waals surface area (Å²) in [7, 11) is 0. The van der Waals surface area contributed by atoms with Gasteiger partial charge >= 0.3 is 0 Å². The van der Waals surface area contributed by atoms with Crippen molar-refractivity contribution in [1.29, 1.82) is 0 Å². The van der Waals surface area contributed by atoms with Crippen LogP contribution in [0.25, 0.3) is 0 Å². The molecule has 0 saturated carbocycles. The van der Waals surface area contributed by atoms with Gasteiger partial charge in [0.05, 0.1) is 19.3 Å². The van der Waals surface area contributed by atoms with E-state index >= 15 is 0 Å². The van der Waals surface area contributed by atoms with Crippen LogP contribution in [0.4, 0.5) is 5.69 Å². The number of anilines is 1. The smallest absolute Gasteiger partial charge is 0.177 e. The molecule has 0 N–H and O–H groups in total. The van der Waals surface area contributed by atoms with Gasteiger partial charge in [-0.1, -0.05) is 52.7 Å². The molecule has 1 aromatic heterocycles. The number of hydrogen-bond acceptors (Lipinski definition) is 4. The van der Waals surface area contributed by atoms with Crippen LogP contribution in [0.1, 0.15) is 28.6 Å². The molecule has 0 radical (unpaired) electrons. The van der Waals surface area contributed by atoms with Gasteiger partial charge in [-0.25, -0.2) is 4.68 Å². The Morgan fingerprint density at radius 3 is 2.40 bits per heavy atom. The third-order valence-corrected chi connectivity index (χ3v) is 4.53. The average Bonchev–Trinajstić information content (AvgIpc) is 3.27. The van der Waals surface area contributed by atoms with E-state index in [0.717, 1.165) is 17.9 Å². The molecule has 1 aliphatic rings. The van der Waals surface area contributed by atoms with Crippen LogP contribution in [0.3, 0.4) is 0 Å². The highest BCUT2D eigenvalue weighted by Gasteiger charge is 2.29. The molecule has 1 fully saturated rings. The Kier molecular flexibility index (Phi) is 4.24. The molecule has 5 heteroatoms. The molecule has 2 heterocycles. The van der Waals surface area contributed by atoms with Gasteiger partial charge in [0.15, 0.2) is 6.23 Å². The van der Waals surface area contributed by atoms with E-state index in [9.17, 15) is 0 Å². The largest absolute Gasteiger partial charge is 0.350 e. The van der Waals surface area contributed by atoms with Crippen molar-refractivity contribution in [2.45, 2.75) is 26.6 Å². The molecule has 128 valence electrons. The minimum absolute atomic E-state index is 0.172. The summed E-state index contributed by atoms with van der Waals surface area (Å²) in [6.45, 7) is 6.46. The van der Waals surface area contributed by atoms with E-state index in [1.807, 2.05) is 10.9 Å². The molecule has 25 heavy (non-hydrogen) atoms. The third kappa shape index (κ3) is 3.42. The van der Waals surface area contributed by atoms with Crippen molar-refractivity contribution in [3.8, 4) is 0 Å². The van der Waals surface area contributed by atoms with Crippen LogP contribution in [0.2, 0.25) is 0 Å². The average molecular weight is 334 g/mol. The Bertz CT molecular complexity index is 839. The number of ether oxygens (including phenoxy) is 1. The SMILES string of the molecule is Cc1ccc(Cn2cc(C3OCCN3c3ccc(C)cc3)nn2)cc1. The van der Waals surface area contributed by atoms with E-state index < -0.39 is 0 Å². The topological polar surface area (TPSA) is 43.2 Å². The first kappa shape index (κ1) is 15.8. The maximum Gasteiger partial charge on any atom is 0.177 e. The van der Waals surface area contributed by atoms with Gasteiger partial charge in [-0.3, -0.25) is 0 Å². The van der Waals surface area contributed by atoms with Crippen LogP contribution >= 0.6 is 0 Å². The van der Waals surface area contributed by atoms with Crippen LogP contribution in [0, 0.1) is 13.8 Å². The van der Waals surface area contributed by atoms with Gasteiger partial charge in [0.1, 0.15) is 5.69 Å². The Morgan fingerprint density at radius 1 is 1.00 bits per heavy atom. The zero-order valence-electron chi connectivity index (χ0n) is 14.6. The summed E-state index contributed by atoms with van der Waals surface area (Å²) < 4.78 is 7.80. The van der Waals surface area contributed by atoms with E-state index in [4.69, 9.17) is 4.74 Å². The van der Waals surface area contributed by atoms with Gasteiger partial charge < -0.3 is 9.64 Å². The number of hydrogen-bond donors (Lipinski definition) is 0. The fourth-order valence-electron chi connectivity index (χ4n) is 3.10. The molecule has 0 aliphatic carbocycles. The summed E-state index contributed by atoms with van der Waals surface area (Å²) in [5.74, 6) is 0. The molecule has 3 aromatic rings. The second-order valence-corrected chi connectivity index (χ2v) is 6.58. The summed E-state index contributed by atoms with van der Waals surface area (Å²) >= 11 is 0. The van der Waals surface area contributed by atoms with E-state index in [1.165, 1.54) is 16.7 Å². The number of aromatic nitrogens is 3. The molecule has 0 bridgehead atoms. The van der Waals surface area contributed by atoms with Crippen molar-refractivity contribution in [2.75, 3.05) is 18.1 Å². The van der Waals surface area contributed by atoms with Gasteiger partial charge in [-0.2, -0.15) is 0 Å². The first-order valence-electron chi connectivity index (χ1n) is 8.59. The Morgan fingerprint density at radius 2 is 1.68 bits per heavy atom. The van der Waals surface area contributed by atoms with Crippen molar-refractivity contribution in [3.63, 3.8) is 0 Å². The van der Waals surface area contributed by atoms with Crippen molar-refractivity contribution in [3.05, 3.63) is 77.1 Å². The highest BCUT2D eigenvalue weighted by molar-refractivity contribution is 5.49. The molecule has 5 nitrogen and oxygen atoms in total. The third-order valence-electron chi connectivity index (χ3n) is 4.53. The number of nitrogens with zero attached hydrogens (tertiary/aromatic N) is 4. The van der Waals surface area contributed by atoms with Gasteiger partial charge in [-0.15, -0.1) is 5.10 Å². The van der Waals surface area contributed by atoms with Crippen LogP contribution in [-0.4, -0.2) is 28.1 Å². The monoisotopic (exact) mass is 334 g/mol. The highest BCUT2D eigenvalue weighted by Crippen LogP contribution is 2.31. The lowest BCUT2D eigenvalue weighted by atomic mass is 10.1. The van der Waals surface area contributed by atoms with Gasteiger partial charge in [0.2, 0.25) is 0 Å². The van der Waals surface area contributed by atoms with E-state index in [0.29, 0.717) is 13.2 Å². The highest BCUT2D eigenvalue weighted by atomic mass is 16.5. The molecular weight excluding hydrogens is 312 g/mol. The molecule has 1 aliphatic heterocycles. The molecule has 1 saturated heterocycles. The zero-order valence-corrected chi connectivity index (χ0v) is 14.6. The van der Waals surface area contributed by atoms with Crippen molar-refractivity contribution >= 4 is 5.69 Å². The molecule has 1 unspecified atom stereocenters. The molecule has 0 amide bonds. The standard InChI is InChI=1S/C20H22N4O/c1-15-3-7-17(8-4-15)13-23-14-19(21-22-23)20-24(11-12-25-20)18-9-5-16(2)6-10-18/h3-10,14,20H,11-13H2,1-2H3. The summed E-state index contributed by atoms with van der Waals surface area (Å²) in [6, 6.07) is 17.0. The van der Waals surface area contributed by atoms with Crippen molar-refractivity contribution in [2.24, 2.45) is 0 Å². The number of aryl methyl sites for hydroxylation is 2. The Labute approximate surface area is 147 Å². The van der Waals surface area contributed by atoms with E-state index in [2.05, 4.69) is 77.6 Å². The van der Waals surface area contributed by atoms with Gasteiger partial charge in [-0.05, 0) is 31.5 Å². The van der Waals surface area contributed by atoms with Crippen LogP contribution < -0.4 is 4.90 Å². The fraction of sp³-hybridized carbons (Fsp3) is 0.300. The maximum atomic E-state index is 5.93. The summed E-state index contributed by atoms with van der Waals surface area (Å²) in [5, 5.41) is 8.63. The summed E-state index contributed by atoms with van der Waals surface area (Å²) in [5.41, 5.74) is 5.73. The first-order chi connectivity index (χ1) is 12.2. The predicted molar refractivity (Wildman–Crippen MR) is 97.5 cm³/mol. The first-order valence-corrected chi connectivity index (χ1v) is 8.59. The van der Waals surface area contributed by atoms with Crippen molar-refractivity contribution < 1.29 is 4.74 Å². The zero-order chi connectivity index (χ0) is 17.2. The normalized spacial score (nSPS) is 17.2. The quantitative estimate of drug-likeness (QED) is 0.733. The van der Waals surface area contributed by atoms with Crippen molar-refractivity contribution in [1.82, 2.24) is 15.0 Å². The fourth-order valence-corrected chi connectivity index (χ4v) is 3.10. The van der Waals surface area contributed by atoms with Crippen LogP contribution in [0.15, 0.2) is 54.7 Å². The summed E-state index contributed by atoms with van der Waals surface area (Å²) in [4.78, 5) is 2.24. The lowest BCUT2D eigenvalue weighted by Gasteiger charge is -2.23. The number of benzene rings is 2. The second-order valence-electron chi connectivity index (χ2n) is 6.58. The van der Waals surface area contributed by atoms with Gasteiger partial charge in [0.25, 0.3) is 0 Å². The Balaban J connectivity index is 1.52. The number of rotatable bonds is 4. The molecule has 2 aromatic carbocycles. The minimum atomic E-state index is -0.172. The molecular formula is C20H22N4O. The molecule has 0 spiro atoms. The molecule has 1 atom stereocenters.